The molecule has 1 aliphatic carbocycles. The van der Waals surface area contributed by atoms with Crippen LogP contribution in [0.4, 0.5) is 5.69 Å². The molecule has 0 amide bonds. The highest BCUT2D eigenvalue weighted by Gasteiger charge is 2.24. The van der Waals surface area contributed by atoms with Crippen LogP contribution in [0.15, 0.2) is 18.2 Å². The molecule has 1 aromatic rings. The number of nitriles is 1. The monoisotopic (exact) mass is 316 g/mol. The van der Waals surface area contributed by atoms with Gasteiger partial charge in [-0.25, -0.2) is 4.79 Å². The summed E-state index contributed by atoms with van der Waals surface area (Å²) in [7, 11) is 1.31. The number of carbonyl (C=O) groups excluding carboxylic acids is 2. The van der Waals surface area contributed by atoms with Gasteiger partial charge in [0.25, 0.3) is 0 Å². The molecule has 6 heteroatoms. The lowest BCUT2D eigenvalue weighted by Crippen LogP contribution is -2.31. The molecule has 23 heavy (non-hydrogen) atoms. The number of anilines is 1. The van der Waals surface area contributed by atoms with Gasteiger partial charge >= 0.3 is 11.9 Å². The molecule has 0 atom stereocenters. The van der Waals surface area contributed by atoms with Crippen LogP contribution in [0.25, 0.3) is 0 Å². The minimum Gasteiger partial charge on any atom is -0.465 e. The molecule has 1 saturated carbocycles. The molecule has 1 aliphatic rings. The van der Waals surface area contributed by atoms with Gasteiger partial charge in [0.05, 0.1) is 24.3 Å². The average Bonchev–Trinajstić information content (AvgIpc) is 2.55. The fraction of sp³-hybridized carbons (Fsp3) is 0.471. The molecular weight excluding hydrogens is 296 g/mol. The number of hydrogen-bond acceptors (Lipinski definition) is 6. The Kier molecular flexibility index (Phi) is 5.58. The summed E-state index contributed by atoms with van der Waals surface area (Å²) in [5.41, 5.74) is 1.43. The van der Waals surface area contributed by atoms with E-state index in [4.69, 9.17) is 14.7 Å². The first-order valence-corrected chi connectivity index (χ1v) is 7.59. The van der Waals surface area contributed by atoms with Gasteiger partial charge in [-0.2, -0.15) is 5.26 Å². The topological polar surface area (TPSA) is 88.4 Å². The summed E-state index contributed by atoms with van der Waals surface area (Å²) in [6, 6.07) is 7.13. The summed E-state index contributed by atoms with van der Waals surface area (Å²) in [4.78, 5) is 22.9. The van der Waals surface area contributed by atoms with E-state index in [1.165, 1.54) is 20.1 Å². The van der Waals surface area contributed by atoms with Crippen LogP contribution < -0.4 is 5.32 Å². The van der Waals surface area contributed by atoms with Crippen molar-refractivity contribution < 1.29 is 19.1 Å². The minimum absolute atomic E-state index is 0.0217. The maximum Gasteiger partial charge on any atom is 0.340 e. The largest absolute Gasteiger partial charge is 0.465 e. The van der Waals surface area contributed by atoms with Crippen LogP contribution in [-0.2, 0) is 14.3 Å². The summed E-state index contributed by atoms with van der Waals surface area (Å²) in [5.74, 6) is -0.723. The maximum absolute atomic E-state index is 11.9. The quantitative estimate of drug-likeness (QED) is 0.859. The number of rotatable bonds is 4. The van der Waals surface area contributed by atoms with Crippen molar-refractivity contribution >= 4 is 17.6 Å². The second-order valence-corrected chi connectivity index (χ2v) is 5.59. The lowest BCUT2D eigenvalue weighted by Gasteiger charge is -2.29. The predicted molar refractivity (Wildman–Crippen MR) is 83.9 cm³/mol. The molecule has 1 N–H and O–H groups in total. The van der Waals surface area contributed by atoms with Crippen LogP contribution in [0.5, 0.6) is 0 Å². The number of nitrogens with one attached hydrogen (secondary N) is 1. The number of methoxy groups -OCH3 is 1. The number of hydrogen-bond donors (Lipinski definition) is 1. The van der Waals surface area contributed by atoms with Crippen LogP contribution in [0.3, 0.4) is 0 Å². The second kappa shape index (κ2) is 7.63. The lowest BCUT2D eigenvalue weighted by molar-refractivity contribution is -0.147. The van der Waals surface area contributed by atoms with Gasteiger partial charge in [-0.3, -0.25) is 4.79 Å². The van der Waals surface area contributed by atoms with Crippen LogP contribution in [-0.4, -0.2) is 31.2 Å². The first-order chi connectivity index (χ1) is 11.0. The Morgan fingerprint density at radius 1 is 1.26 bits per heavy atom. The zero-order chi connectivity index (χ0) is 16.8. The normalized spacial score (nSPS) is 20.2. The van der Waals surface area contributed by atoms with E-state index >= 15 is 0 Å². The summed E-state index contributed by atoms with van der Waals surface area (Å²) in [5, 5.41) is 12.3. The van der Waals surface area contributed by atoms with E-state index in [2.05, 4.69) is 5.32 Å². The van der Waals surface area contributed by atoms with Crippen molar-refractivity contribution in [2.24, 2.45) is 0 Å². The van der Waals surface area contributed by atoms with E-state index in [-0.39, 0.29) is 18.1 Å². The molecule has 0 bridgehead atoms. The molecule has 122 valence electrons. The summed E-state index contributed by atoms with van der Waals surface area (Å²) in [6.07, 6.45) is 3.26. The Hall–Kier alpha value is -2.55. The average molecular weight is 316 g/mol. The minimum atomic E-state index is -0.474. The molecule has 0 unspecified atom stereocenters. The van der Waals surface area contributed by atoms with Crippen LogP contribution >= 0.6 is 0 Å². The van der Waals surface area contributed by atoms with Crippen molar-refractivity contribution in [1.29, 1.82) is 5.26 Å². The van der Waals surface area contributed by atoms with Gasteiger partial charge in [-0.1, -0.05) is 0 Å². The first kappa shape index (κ1) is 16.8. The number of carbonyl (C=O) groups is 2. The maximum atomic E-state index is 11.9. The predicted octanol–water partition coefficient (Wildman–Crippen LogP) is 2.63. The van der Waals surface area contributed by atoms with E-state index in [0.717, 1.165) is 25.7 Å². The number of ether oxygens (including phenoxy) is 2. The third-order valence-electron chi connectivity index (χ3n) is 3.92. The number of esters is 2. The van der Waals surface area contributed by atoms with Crippen molar-refractivity contribution in [3.8, 4) is 6.07 Å². The highest BCUT2D eigenvalue weighted by Crippen LogP contribution is 2.26. The van der Waals surface area contributed by atoms with Crippen molar-refractivity contribution in [3.05, 3.63) is 29.3 Å². The number of nitrogens with zero attached hydrogens (tertiary/aromatic N) is 1. The number of benzene rings is 1. The van der Waals surface area contributed by atoms with Crippen molar-refractivity contribution in [3.63, 3.8) is 0 Å². The standard InChI is InChI=1S/C17H20N2O4/c1-11(20)23-14-6-4-13(5-7-14)19-16-8-3-12(10-18)9-15(16)17(21)22-2/h3,8-9,13-14,19H,4-7H2,1-2H3. The molecule has 0 saturated heterocycles. The molecule has 1 aromatic carbocycles. The molecule has 2 rings (SSSR count). The Labute approximate surface area is 135 Å². The van der Waals surface area contributed by atoms with Crippen molar-refractivity contribution in [1.82, 2.24) is 0 Å². The molecule has 1 fully saturated rings. The zero-order valence-electron chi connectivity index (χ0n) is 13.3. The van der Waals surface area contributed by atoms with E-state index in [9.17, 15) is 9.59 Å². The smallest absolute Gasteiger partial charge is 0.340 e. The third-order valence-corrected chi connectivity index (χ3v) is 3.92. The molecular formula is C17H20N2O4. The second-order valence-electron chi connectivity index (χ2n) is 5.59. The Morgan fingerprint density at radius 2 is 1.96 bits per heavy atom. The molecule has 0 heterocycles. The van der Waals surface area contributed by atoms with E-state index in [1.54, 1.807) is 12.1 Å². The SMILES string of the molecule is COC(=O)c1cc(C#N)ccc1NC1CCC(OC(C)=O)CC1. The first-order valence-electron chi connectivity index (χ1n) is 7.59. The Morgan fingerprint density at radius 3 is 2.52 bits per heavy atom. The van der Waals surface area contributed by atoms with Gasteiger partial charge in [0, 0.05) is 18.7 Å². The molecule has 0 radical (unpaired) electrons. The molecule has 6 nitrogen and oxygen atoms in total. The third kappa shape index (κ3) is 4.46. The van der Waals surface area contributed by atoms with E-state index in [0.29, 0.717) is 16.8 Å². The Balaban J connectivity index is 2.05. The summed E-state index contributed by atoms with van der Waals surface area (Å²) < 4.78 is 10.0. The van der Waals surface area contributed by atoms with Gasteiger partial charge in [0.1, 0.15) is 6.10 Å². The molecule has 0 spiro atoms. The Bertz CT molecular complexity index is 628. The van der Waals surface area contributed by atoms with Crippen molar-refractivity contribution in [2.45, 2.75) is 44.8 Å². The highest BCUT2D eigenvalue weighted by molar-refractivity contribution is 5.96. The van der Waals surface area contributed by atoms with Crippen LogP contribution in [0.2, 0.25) is 0 Å². The summed E-state index contributed by atoms with van der Waals surface area (Å²) in [6.45, 7) is 1.42. The van der Waals surface area contributed by atoms with Gasteiger partial charge in [0.15, 0.2) is 0 Å². The lowest BCUT2D eigenvalue weighted by atomic mass is 9.92. The summed E-state index contributed by atoms with van der Waals surface area (Å²) >= 11 is 0. The van der Waals surface area contributed by atoms with Gasteiger partial charge in [-0.05, 0) is 43.9 Å². The van der Waals surface area contributed by atoms with E-state index in [1.807, 2.05) is 6.07 Å². The molecule has 0 aromatic heterocycles. The molecule has 0 aliphatic heterocycles. The van der Waals surface area contributed by atoms with Crippen LogP contribution in [0, 0.1) is 11.3 Å². The van der Waals surface area contributed by atoms with Gasteiger partial charge < -0.3 is 14.8 Å². The fourth-order valence-electron chi connectivity index (χ4n) is 2.80. The fourth-order valence-corrected chi connectivity index (χ4v) is 2.80. The highest BCUT2D eigenvalue weighted by atomic mass is 16.5. The van der Waals surface area contributed by atoms with E-state index < -0.39 is 5.97 Å². The van der Waals surface area contributed by atoms with Gasteiger partial charge in [-0.15, -0.1) is 0 Å². The van der Waals surface area contributed by atoms with Crippen molar-refractivity contribution in [2.75, 3.05) is 12.4 Å². The van der Waals surface area contributed by atoms with Crippen LogP contribution in [0.1, 0.15) is 48.5 Å². The van der Waals surface area contributed by atoms with Gasteiger partial charge in [0.2, 0.25) is 0 Å². The zero-order valence-corrected chi connectivity index (χ0v) is 13.3.